The van der Waals surface area contributed by atoms with E-state index in [1.165, 1.54) is 16.3 Å². The molecule has 0 amide bonds. The third kappa shape index (κ3) is 2.77. The predicted molar refractivity (Wildman–Crippen MR) is 137 cm³/mol. The average molecular weight is 440 g/mol. The van der Waals surface area contributed by atoms with Crippen molar-refractivity contribution in [3.8, 4) is 17.2 Å². The Morgan fingerprint density at radius 1 is 0.765 bits per heavy atom. The van der Waals surface area contributed by atoms with E-state index in [9.17, 15) is 0 Å². The third-order valence-electron chi connectivity index (χ3n) is 6.56. The maximum Gasteiger partial charge on any atom is 0.161 e. The molecular weight excluding hydrogens is 418 g/mol. The van der Waals surface area contributed by atoms with Gasteiger partial charge in [-0.25, -0.2) is 15.0 Å². The maximum absolute atomic E-state index is 5.01. The first-order valence-electron chi connectivity index (χ1n) is 11.5. The SMILES string of the molecule is C1=CCC(n2c3ccccc3c3c4cccnc4n(-c4ccnc(-c5ccccc5)n4)c32)C=C1. The second-order valence-corrected chi connectivity index (χ2v) is 8.52. The van der Waals surface area contributed by atoms with Gasteiger partial charge in [0.1, 0.15) is 17.1 Å². The molecule has 1 unspecified atom stereocenters. The highest BCUT2D eigenvalue weighted by Crippen LogP contribution is 2.41. The van der Waals surface area contributed by atoms with Crippen LogP contribution in [0, 0.1) is 0 Å². The van der Waals surface area contributed by atoms with Crippen LogP contribution in [-0.4, -0.2) is 24.1 Å². The van der Waals surface area contributed by atoms with Gasteiger partial charge in [0.25, 0.3) is 0 Å². The molecule has 162 valence electrons. The molecule has 5 nitrogen and oxygen atoms in total. The molecule has 0 fully saturated rings. The molecule has 1 aliphatic rings. The lowest BCUT2D eigenvalue weighted by Gasteiger charge is -2.19. The molecule has 7 rings (SSSR count). The third-order valence-corrected chi connectivity index (χ3v) is 6.56. The zero-order chi connectivity index (χ0) is 22.5. The largest absolute Gasteiger partial charge is 0.319 e. The molecule has 0 spiro atoms. The Balaban J connectivity index is 1.61. The maximum atomic E-state index is 5.01. The molecule has 34 heavy (non-hydrogen) atoms. The highest BCUT2D eigenvalue weighted by Gasteiger charge is 2.25. The summed E-state index contributed by atoms with van der Waals surface area (Å²) in [5.41, 5.74) is 4.22. The predicted octanol–water partition coefficient (Wildman–Crippen LogP) is 6.65. The van der Waals surface area contributed by atoms with Crippen molar-refractivity contribution >= 4 is 33.0 Å². The standard InChI is InChI=1S/C29H21N5/c1-3-10-20(11-4-1)27-30-19-17-25(32-27)34-28-23(15-9-18-31-28)26-22-14-7-8-16-24(22)33(29(26)34)21-12-5-2-6-13-21/h1-12,14-19,21H,13H2. The van der Waals surface area contributed by atoms with Crippen LogP contribution < -0.4 is 0 Å². The zero-order valence-electron chi connectivity index (χ0n) is 18.4. The Morgan fingerprint density at radius 3 is 2.50 bits per heavy atom. The van der Waals surface area contributed by atoms with Crippen LogP contribution in [0.4, 0.5) is 0 Å². The van der Waals surface area contributed by atoms with Gasteiger partial charge in [-0.3, -0.25) is 4.57 Å². The first kappa shape index (κ1) is 19.0. The number of nitrogens with zero attached hydrogens (tertiary/aromatic N) is 5. The highest BCUT2D eigenvalue weighted by atomic mass is 15.2. The van der Waals surface area contributed by atoms with E-state index in [0.717, 1.165) is 34.5 Å². The fraction of sp³-hybridized carbons (Fsp3) is 0.0690. The quantitative estimate of drug-likeness (QED) is 0.310. The second kappa shape index (κ2) is 7.52. The smallest absolute Gasteiger partial charge is 0.161 e. The zero-order valence-corrected chi connectivity index (χ0v) is 18.4. The lowest BCUT2D eigenvalue weighted by Crippen LogP contribution is -2.11. The average Bonchev–Trinajstić information content (AvgIpc) is 3.42. The summed E-state index contributed by atoms with van der Waals surface area (Å²) in [6, 6.07) is 25.1. The Kier molecular flexibility index (Phi) is 4.21. The summed E-state index contributed by atoms with van der Waals surface area (Å²) in [5, 5.41) is 3.57. The van der Waals surface area contributed by atoms with Crippen molar-refractivity contribution in [3.05, 3.63) is 109 Å². The van der Waals surface area contributed by atoms with Crippen molar-refractivity contribution in [1.82, 2.24) is 24.1 Å². The molecule has 6 aromatic rings. The van der Waals surface area contributed by atoms with Gasteiger partial charge in [-0.15, -0.1) is 0 Å². The van der Waals surface area contributed by atoms with Crippen molar-refractivity contribution in [2.45, 2.75) is 12.5 Å². The Bertz CT molecular complexity index is 1740. The molecule has 0 radical (unpaired) electrons. The number of fused-ring (bicyclic) bond motifs is 5. The van der Waals surface area contributed by atoms with E-state index >= 15 is 0 Å². The minimum Gasteiger partial charge on any atom is -0.319 e. The minimum atomic E-state index is 0.214. The van der Waals surface area contributed by atoms with Crippen LogP contribution in [-0.2, 0) is 0 Å². The van der Waals surface area contributed by atoms with Gasteiger partial charge in [0.15, 0.2) is 5.82 Å². The van der Waals surface area contributed by atoms with Gasteiger partial charge in [-0.1, -0.05) is 72.8 Å². The monoisotopic (exact) mass is 439 g/mol. The van der Waals surface area contributed by atoms with Crippen molar-refractivity contribution < 1.29 is 0 Å². The molecule has 0 aliphatic heterocycles. The van der Waals surface area contributed by atoms with Gasteiger partial charge in [0, 0.05) is 34.1 Å². The lowest BCUT2D eigenvalue weighted by molar-refractivity contribution is 0.639. The lowest BCUT2D eigenvalue weighted by atomic mass is 10.1. The number of pyridine rings is 1. The van der Waals surface area contributed by atoms with Gasteiger partial charge in [0.2, 0.25) is 0 Å². The van der Waals surface area contributed by atoms with Gasteiger partial charge in [-0.2, -0.15) is 0 Å². The number of para-hydroxylation sites is 1. The van der Waals surface area contributed by atoms with E-state index in [1.54, 1.807) is 0 Å². The van der Waals surface area contributed by atoms with Gasteiger partial charge in [0.05, 0.1) is 11.6 Å². The molecule has 4 heterocycles. The van der Waals surface area contributed by atoms with Crippen LogP contribution >= 0.6 is 0 Å². The molecule has 1 atom stereocenters. The fourth-order valence-corrected chi connectivity index (χ4v) is 5.12. The molecule has 1 aliphatic carbocycles. The minimum absolute atomic E-state index is 0.214. The van der Waals surface area contributed by atoms with E-state index in [0.29, 0.717) is 5.82 Å². The van der Waals surface area contributed by atoms with Crippen molar-refractivity contribution in [2.75, 3.05) is 0 Å². The van der Waals surface area contributed by atoms with Crippen LogP contribution in [0.5, 0.6) is 0 Å². The molecule has 2 aromatic carbocycles. The number of hydrogen-bond acceptors (Lipinski definition) is 3. The van der Waals surface area contributed by atoms with Crippen LogP contribution in [0.2, 0.25) is 0 Å². The van der Waals surface area contributed by atoms with Crippen LogP contribution in [0.15, 0.2) is 109 Å². The van der Waals surface area contributed by atoms with E-state index in [-0.39, 0.29) is 6.04 Å². The first-order chi connectivity index (χ1) is 16.9. The van der Waals surface area contributed by atoms with Gasteiger partial charge in [-0.05, 0) is 30.7 Å². The number of rotatable bonds is 3. The molecule has 0 N–H and O–H groups in total. The van der Waals surface area contributed by atoms with Gasteiger partial charge >= 0.3 is 0 Å². The van der Waals surface area contributed by atoms with Crippen molar-refractivity contribution in [2.24, 2.45) is 0 Å². The first-order valence-corrected chi connectivity index (χ1v) is 11.5. The van der Waals surface area contributed by atoms with Crippen molar-refractivity contribution in [1.29, 1.82) is 0 Å². The summed E-state index contributed by atoms with van der Waals surface area (Å²) >= 11 is 0. The number of hydrogen-bond donors (Lipinski definition) is 0. The van der Waals surface area contributed by atoms with E-state index < -0.39 is 0 Å². The van der Waals surface area contributed by atoms with Crippen LogP contribution in [0.1, 0.15) is 12.5 Å². The number of aromatic nitrogens is 5. The topological polar surface area (TPSA) is 48.5 Å². The fourth-order valence-electron chi connectivity index (χ4n) is 5.12. The number of benzene rings is 2. The summed E-state index contributed by atoms with van der Waals surface area (Å²) < 4.78 is 4.64. The molecule has 0 saturated carbocycles. The van der Waals surface area contributed by atoms with Crippen LogP contribution in [0.3, 0.4) is 0 Å². The molecule has 5 heteroatoms. The summed E-state index contributed by atoms with van der Waals surface area (Å²) in [4.78, 5) is 14.4. The molecule has 0 bridgehead atoms. The number of allylic oxidation sites excluding steroid dienone is 4. The summed E-state index contributed by atoms with van der Waals surface area (Å²) in [7, 11) is 0. The van der Waals surface area contributed by atoms with E-state index in [2.05, 4.69) is 68.8 Å². The Labute approximate surface area is 196 Å². The van der Waals surface area contributed by atoms with Crippen LogP contribution in [0.25, 0.3) is 50.2 Å². The van der Waals surface area contributed by atoms with Crippen molar-refractivity contribution in [3.63, 3.8) is 0 Å². The Morgan fingerprint density at radius 2 is 1.62 bits per heavy atom. The molecule has 0 saturated heterocycles. The highest BCUT2D eigenvalue weighted by molar-refractivity contribution is 6.21. The van der Waals surface area contributed by atoms with E-state index in [4.69, 9.17) is 9.97 Å². The summed E-state index contributed by atoms with van der Waals surface area (Å²) in [6.45, 7) is 0. The Hall–Kier alpha value is -4.51. The van der Waals surface area contributed by atoms with Gasteiger partial charge < -0.3 is 4.57 Å². The normalized spacial score (nSPS) is 15.6. The molecule has 4 aromatic heterocycles. The summed E-state index contributed by atoms with van der Waals surface area (Å²) in [5.74, 6) is 1.51. The summed E-state index contributed by atoms with van der Waals surface area (Å²) in [6.07, 6.45) is 13.4. The van der Waals surface area contributed by atoms with E-state index in [1.807, 2.05) is 54.9 Å². The second-order valence-electron chi connectivity index (χ2n) is 8.52. The molecular formula is C29H21N5.